The Labute approximate surface area is 418 Å². The van der Waals surface area contributed by atoms with Gasteiger partial charge in [0.15, 0.2) is 4.98 Å². The van der Waals surface area contributed by atoms with Crippen LogP contribution in [0.25, 0.3) is 22.1 Å². The molecule has 8 rings (SSSR count). The number of aromatic carboxylic acids is 3. The maximum absolute atomic E-state index is 11.9. The van der Waals surface area contributed by atoms with Crippen LogP contribution in [-0.4, -0.2) is 82.8 Å². The number of hydrogen-bond donors (Lipinski definition) is 6. The van der Waals surface area contributed by atoms with E-state index in [-0.39, 0.29) is 38.9 Å². The molecule has 21 nitrogen and oxygen atoms in total. The van der Waals surface area contributed by atoms with Gasteiger partial charge in [-0.3, -0.25) is 10.6 Å². The zero-order valence-corrected chi connectivity index (χ0v) is 39.5. The molecule has 0 spiro atoms. The van der Waals surface area contributed by atoms with Crippen LogP contribution in [0.15, 0.2) is 209 Å². The number of rotatable bonds is 12. The molecule has 0 bridgehead atoms. The lowest BCUT2D eigenvalue weighted by atomic mass is 10.1. The van der Waals surface area contributed by atoms with Gasteiger partial charge in [0.1, 0.15) is 6.29 Å². The Balaban J connectivity index is 0.000000248. The summed E-state index contributed by atoms with van der Waals surface area (Å²) in [7, 11) is -7.16. The minimum atomic E-state index is -3.69. The van der Waals surface area contributed by atoms with Gasteiger partial charge in [-0.1, -0.05) is 109 Å². The third-order valence-corrected chi connectivity index (χ3v) is 11.2. The van der Waals surface area contributed by atoms with Gasteiger partial charge in [-0.15, -0.1) is 15.0 Å². The van der Waals surface area contributed by atoms with Crippen molar-refractivity contribution in [1.29, 1.82) is 5.39 Å². The second kappa shape index (κ2) is 28.9. The van der Waals surface area contributed by atoms with Gasteiger partial charge < -0.3 is 27.7 Å². The second-order valence-electron chi connectivity index (χ2n) is 13.6. The molecule has 0 saturated heterocycles. The van der Waals surface area contributed by atoms with E-state index in [9.17, 15) is 36.0 Å². The fourth-order valence-electron chi connectivity index (χ4n) is 5.16. The Morgan fingerprint density at radius 3 is 1.39 bits per heavy atom. The second-order valence-corrected chi connectivity index (χ2v) is 17.0. The van der Waals surface area contributed by atoms with Crippen molar-refractivity contribution in [3.63, 3.8) is 0 Å². The number of sulfonamides is 2. The minimum absolute atomic E-state index is 0. The van der Waals surface area contributed by atoms with Crippen molar-refractivity contribution in [2.45, 2.75) is 9.79 Å². The number of carboxylic acids is 3. The van der Waals surface area contributed by atoms with Crippen LogP contribution in [-0.2, 0) is 20.0 Å². The first-order chi connectivity index (χ1) is 34.1. The zero-order chi connectivity index (χ0) is 51.7. The predicted octanol–water partition coefficient (Wildman–Crippen LogP) is 3.94. The SMILES string of the molecule is N#[N+]c1ccccc1.NNS(=O)(=O)c1ccccc1.O=C(O)c1ccc(-c2nnn(-c3ccccc3)n2)cc1.O=C(O)c1ccc(/C=N/NS(=O)(=O)c2ccccc2)cc1.O=Cc1ccc(C(=O)O)cc1.[Cl-]. The fraction of sp³-hybridized carbons (Fsp3) is 0. The molecule has 0 aliphatic heterocycles. The van der Waals surface area contributed by atoms with Gasteiger partial charge in [-0.05, 0) is 83.6 Å². The van der Waals surface area contributed by atoms with Crippen LogP contribution in [0.1, 0.15) is 47.0 Å². The van der Waals surface area contributed by atoms with Crippen LogP contribution in [0.3, 0.4) is 0 Å². The molecule has 0 unspecified atom stereocenters. The highest BCUT2D eigenvalue weighted by Gasteiger charge is 2.12. The Morgan fingerprint density at radius 2 is 0.986 bits per heavy atom. The molecule has 0 aliphatic carbocycles. The highest BCUT2D eigenvalue weighted by atomic mass is 35.5. The van der Waals surface area contributed by atoms with Crippen LogP contribution in [0.5, 0.6) is 0 Å². The summed E-state index contributed by atoms with van der Waals surface area (Å²) in [6, 6.07) is 52.1. The van der Waals surface area contributed by atoms with Crippen LogP contribution in [0.2, 0.25) is 0 Å². The van der Waals surface area contributed by atoms with E-state index in [1.165, 1.54) is 95.9 Å². The van der Waals surface area contributed by atoms with Gasteiger partial charge in [-0.25, -0.2) is 27.6 Å². The molecule has 0 radical (unpaired) electrons. The predicted molar refractivity (Wildman–Crippen MR) is 260 cm³/mol. The Hall–Kier alpha value is -9.31. The summed E-state index contributed by atoms with van der Waals surface area (Å²) in [4.78, 5) is 50.4. The number of hydrogen-bond acceptors (Lipinski definition) is 14. The van der Waals surface area contributed by atoms with Gasteiger partial charge in [0.05, 0.1) is 38.4 Å². The number of nitrogens with zero attached hydrogens (tertiary/aromatic N) is 7. The monoisotopic (exact) mass is 1030 g/mol. The van der Waals surface area contributed by atoms with E-state index in [2.05, 4.69) is 30.3 Å². The molecule has 24 heteroatoms. The van der Waals surface area contributed by atoms with E-state index in [1.54, 1.807) is 65.5 Å². The number of nitrogens with two attached hydrogens (primary N) is 1. The van der Waals surface area contributed by atoms with Gasteiger partial charge in [0.25, 0.3) is 20.0 Å². The largest absolute Gasteiger partial charge is 1.00 e. The molecule has 7 N–H and O–H groups in total. The maximum atomic E-state index is 11.9. The number of para-hydroxylation sites is 1. The molecular weight excluding hydrogens is 992 g/mol. The molecule has 0 aliphatic rings. The number of carbonyl (C=O) groups excluding carboxylic acids is 1. The molecule has 0 amide bonds. The van der Waals surface area contributed by atoms with Gasteiger partial charge in [0.2, 0.25) is 11.2 Å². The number of carboxylic acid groups (broad SMARTS) is 3. The van der Waals surface area contributed by atoms with Gasteiger partial charge in [-0.2, -0.15) is 18.4 Å². The molecule has 368 valence electrons. The number of nitrogens with one attached hydrogen (secondary N) is 2. The summed E-state index contributed by atoms with van der Waals surface area (Å²) >= 11 is 0. The number of carbonyl (C=O) groups is 4. The lowest BCUT2D eigenvalue weighted by Gasteiger charge is -2.02. The number of diazo groups is 1. The molecule has 72 heavy (non-hydrogen) atoms. The lowest BCUT2D eigenvalue weighted by Crippen LogP contribution is -3.00. The third kappa shape index (κ3) is 18.6. The van der Waals surface area contributed by atoms with Crippen molar-refractivity contribution >= 4 is 56.1 Å². The van der Waals surface area contributed by atoms with Crippen molar-refractivity contribution in [1.82, 2.24) is 29.9 Å². The number of hydrazine groups is 1. The maximum Gasteiger partial charge on any atom is 0.385 e. The number of tetrazole rings is 1. The summed E-state index contributed by atoms with van der Waals surface area (Å²) < 4.78 is 45.7. The highest BCUT2D eigenvalue weighted by molar-refractivity contribution is 7.89. The topological polar surface area (TPSA) is 331 Å². The van der Waals surface area contributed by atoms with Gasteiger partial charge >= 0.3 is 23.6 Å². The Kier molecular flexibility index (Phi) is 22.9. The first-order valence-corrected chi connectivity index (χ1v) is 23.1. The number of aldehydes is 1. The van der Waals surface area contributed by atoms with Crippen LogP contribution in [0, 0.1) is 5.39 Å². The normalized spacial score (nSPS) is 10.2. The Morgan fingerprint density at radius 1 is 0.583 bits per heavy atom. The van der Waals surface area contributed by atoms with E-state index in [0.29, 0.717) is 28.9 Å². The summed E-state index contributed by atoms with van der Waals surface area (Å²) in [6.07, 6.45) is 1.97. The molecule has 8 aromatic rings. The van der Waals surface area contributed by atoms with Crippen LogP contribution >= 0.6 is 0 Å². The van der Waals surface area contributed by atoms with E-state index in [1.807, 2.05) is 48.5 Å². The van der Waals surface area contributed by atoms with E-state index in [0.717, 1.165) is 11.3 Å². The summed E-state index contributed by atoms with van der Waals surface area (Å²) in [5, 5.41) is 50.1. The smallest absolute Gasteiger partial charge is 0.385 e. The number of halogens is 1. The third-order valence-electron chi connectivity index (χ3n) is 8.76. The first-order valence-electron chi connectivity index (χ1n) is 20.2. The molecule has 0 fully saturated rings. The standard InChI is InChI=1S/C14H10N4O2.C14H12N2O4S.C8H6O3.C6H8N2O2S.C6H5N2.ClH/c19-14(20)11-8-6-10(7-9-11)13-15-17-18(16-13)12-4-2-1-3-5-12;17-14(18)12-8-6-11(7-9-12)10-15-16-21(19,20)13-4-2-1-3-5-13;9-5-6-1-3-7(4-2-6)8(10)11;7-8-11(9,10)6-4-2-1-3-5-6;7-8-6-4-2-1-3-5-6;/h1-9H,(H,19,20);1-10,16H,(H,17,18);1-5H,(H,10,11);1-5,8H,7H2;1-5H;1H/q;;;;+1;/p-1/b;15-10+;;;;. The molecular formula is C48H41ClN10O11S2. The average Bonchev–Trinajstić information content (AvgIpc) is 3.91. The molecule has 1 heterocycles. The van der Waals surface area contributed by atoms with E-state index < -0.39 is 38.0 Å². The molecule has 0 saturated carbocycles. The van der Waals surface area contributed by atoms with E-state index >= 15 is 0 Å². The highest BCUT2D eigenvalue weighted by Crippen LogP contribution is 2.16. The van der Waals surface area contributed by atoms with Crippen molar-refractivity contribution in [2.24, 2.45) is 10.9 Å². The van der Waals surface area contributed by atoms with Crippen LogP contribution < -0.4 is 27.9 Å². The van der Waals surface area contributed by atoms with E-state index in [4.69, 9.17) is 26.6 Å². The van der Waals surface area contributed by atoms with Crippen LogP contribution in [0.4, 0.5) is 5.69 Å². The zero-order valence-electron chi connectivity index (χ0n) is 37.1. The molecule has 7 aromatic carbocycles. The van der Waals surface area contributed by atoms with Crippen molar-refractivity contribution in [3.05, 3.63) is 227 Å². The molecule has 1 aromatic heterocycles. The lowest BCUT2D eigenvalue weighted by molar-refractivity contribution is -0.0000688. The van der Waals surface area contributed by atoms with Crippen molar-refractivity contribution in [2.75, 3.05) is 0 Å². The Bertz CT molecular complexity index is 3280. The number of benzene rings is 7. The molecule has 0 atom stereocenters. The summed E-state index contributed by atoms with van der Waals surface area (Å²) in [5.74, 6) is 2.28. The summed E-state index contributed by atoms with van der Waals surface area (Å²) in [5.41, 5.74) is 3.75. The fourth-order valence-corrected chi connectivity index (χ4v) is 6.63. The van der Waals surface area contributed by atoms with Gasteiger partial charge in [0, 0.05) is 23.3 Å². The average molecular weight is 1030 g/mol. The quantitative estimate of drug-likeness (QED) is 0.0332. The minimum Gasteiger partial charge on any atom is -1.00 e. The number of hydrazone groups is 1. The van der Waals surface area contributed by atoms with Crippen molar-refractivity contribution < 1.29 is 63.7 Å². The number of aromatic nitrogens is 4. The van der Waals surface area contributed by atoms with Crippen molar-refractivity contribution in [3.8, 4) is 17.1 Å². The summed E-state index contributed by atoms with van der Waals surface area (Å²) in [6.45, 7) is 0. The first kappa shape index (κ1) is 57.0.